The van der Waals surface area contributed by atoms with Crippen LogP contribution in [0.5, 0.6) is 0 Å². The van der Waals surface area contributed by atoms with Gasteiger partial charge in [0, 0.05) is 38.2 Å². The molecule has 0 aromatic heterocycles. The van der Waals surface area contributed by atoms with E-state index < -0.39 is 0 Å². The number of carbonyl (C=O) groups is 3. The zero-order valence-electron chi connectivity index (χ0n) is 13.2. The van der Waals surface area contributed by atoms with E-state index in [1.165, 1.54) is 0 Å². The van der Waals surface area contributed by atoms with E-state index in [1.807, 2.05) is 18.2 Å². The van der Waals surface area contributed by atoms with Gasteiger partial charge in [0.15, 0.2) is 0 Å². The monoisotopic (exact) mass is 315 g/mol. The second kappa shape index (κ2) is 6.40. The summed E-state index contributed by atoms with van der Waals surface area (Å²) in [5.41, 5.74) is 2.84. The number of amides is 3. The van der Waals surface area contributed by atoms with Crippen molar-refractivity contribution >= 4 is 23.4 Å². The number of carbonyl (C=O) groups excluding carboxylic acids is 3. The molecule has 1 aromatic rings. The Kier molecular flexibility index (Phi) is 4.32. The molecule has 0 bridgehead atoms. The Morgan fingerprint density at radius 1 is 1.30 bits per heavy atom. The minimum atomic E-state index is -0.0247. The quantitative estimate of drug-likeness (QED) is 0.875. The van der Waals surface area contributed by atoms with Gasteiger partial charge in [0.1, 0.15) is 0 Å². The van der Waals surface area contributed by atoms with Crippen LogP contribution < -0.4 is 10.6 Å². The van der Waals surface area contributed by atoms with Crippen LogP contribution >= 0.6 is 0 Å². The first-order valence-electron chi connectivity index (χ1n) is 7.98. The fourth-order valence-electron chi connectivity index (χ4n) is 3.18. The van der Waals surface area contributed by atoms with Gasteiger partial charge in [0.05, 0.1) is 6.42 Å². The van der Waals surface area contributed by atoms with Crippen molar-refractivity contribution < 1.29 is 14.4 Å². The third kappa shape index (κ3) is 3.52. The van der Waals surface area contributed by atoms with Gasteiger partial charge in [0.25, 0.3) is 0 Å². The number of nitrogens with zero attached hydrogens (tertiary/aromatic N) is 1. The van der Waals surface area contributed by atoms with Crippen LogP contribution in [0.4, 0.5) is 5.69 Å². The highest BCUT2D eigenvalue weighted by Gasteiger charge is 2.26. The number of fused-ring (bicyclic) bond motifs is 1. The van der Waals surface area contributed by atoms with Crippen LogP contribution in [0, 0.1) is 5.92 Å². The molecule has 2 aliphatic heterocycles. The molecular weight excluding hydrogens is 294 g/mol. The molecule has 0 aliphatic carbocycles. The molecule has 0 spiro atoms. The van der Waals surface area contributed by atoms with E-state index in [9.17, 15) is 14.4 Å². The molecule has 23 heavy (non-hydrogen) atoms. The van der Waals surface area contributed by atoms with E-state index in [0.717, 1.165) is 16.8 Å². The van der Waals surface area contributed by atoms with Gasteiger partial charge in [-0.05, 0) is 30.0 Å². The second-order valence-electron chi connectivity index (χ2n) is 6.21. The first-order valence-corrected chi connectivity index (χ1v) is 7.98. The van der Waals surface area contributed by atoms with Gasteiger partial charge >= 0.3 is 0 Å². The molecule has 6 heteroatoms. The molecule has 2 N–H and O–H groups in total. The zero-order valence-corrected chi connectivity index (χ0v) is 13.2. The fraction of sp³-hybridized carbons (Fsp3) is 0.471. The Morgan fingerprint density at radius 2 is 2.04 bits per heavy atom. The Balaban J connectivity index is 1.51. The maximum absolute atomic E-state index is 12.3. The van der Waals surface area contributed by atoms with E-state index >= 15 is 0 Å². The predicted octanol–water partition coefficient (Wildman–Crippen LogP) is 1.06. The fourth-order valence-corrected chi connectivity index (χ4v) is 3.18. The normalized spacial score (nSPS) is 17.6. The largest absolute Gasteiger partial charge is 0.352 e. The van der Waals surface area contributed by atoms with E-state index in [1.54, 1.807) is 11.8 Å². The highest BCUT2D eigenvalue weighted by Crippen LogP contribution is 2.24. The van der Waals surface area contributed by atoms with Crippen molar-refractivity contribution in [1.82, 2.24) is 10.2 Å². The van der Waals surface area contributed by atoms with Crippen LogP contribution in [0.15, 0.2) is 18.2 Å². The molecule has 122 valence electrons. The summed E-state index contributed by atoms with van der Waals surface area (Å²) < 4.78 is 0. The minimum absolute atomic E-state index is 0.0124. The lowest BCUT2D eigenvalue weighted by atomic mass is 9.95. The number of anilines is 1. The summed E-state index contributed by atoms with van der Waals surface area (Å²) in [5.74, 6) is 0.106. The summed E-state index contributed by atoms with van der Waals surface area (Å²) in [6.45, 7) is 3.33. The predicted molar refractivity (Wildman–Crippen MR) is 85.6 cm³/mol. The Bertz CT molecular complexity index is 648. The zero-order chi connectivity index (χ0) is 16.4. The molecule has 1 saturated heterocycles. The summed E-state index contributed by atoms with van der Waals surface area (Å²) >= 11 is 0. The van der Waals surface area contributed by atoms with Crippen LogP contribution in [0.3, 0.4) is 0 Å². The molecule has 1 fully saturated rings. The standard InChI is InChI=1S/C17H21N3O3/c1-11(21)20-6-4-13(5-7-20)17(23)18-10-12-2-3-15-14(8-12)9-16(22)19-15/h2-3,8,13H,4-7,9-10H2,1H3,(H,18,23)(H,19,22). The minimum Gasteiger partial charge on any atom is -0.352 e. The molecule has 3 rings (SSSR count). The van der Waals surface area contributed by atoms with Gasteiger partial charge in [-0.3, -0.25) is 14.4 Å². The van der Waals surface area contributed by atoms with Gasteiger partial charge < -0.3 is 15.5 Å². The first kappa shape index (κ1) is 15.5. The smallest absolute Gasteiger partial charge is 0.228 e. The van der Waals surface area contributed by atoms with Crippen molar-refractivity contribution in [2.75, 3.05) is 18.4 Å². The van der Waals surface area contributed by atoms with Crippen molar-refractivity contribution in [3.63, 3.8) is 0 Å². The van der Waals surface area contributed by atoms with Gasteiger partial charge in [-0.15, -0.1) is 0 Å². The van der Waals surface area contributed by atoms with E-state index in [2.05, 4.69) is 10.6 Å². The molecule has 2 heterocycles. The molecule has 0 saturated carbocycles. The molecule has 6 nitrogen and oxygen atoms in total. The topological polar surface area (TPSA) is 78.5 Å². The van der Waals surface area contributed by atoms with Gasteiger partial charge in [0.2, 0.25) is 17.7 Å². The summed E-state index contributed by atoms with van der Waals surface area (Å²) in [4.78, 5) is 36.7. The second-order valence-corrected chi connectivity index (χ2v) is 6.21. The van der Waals surface area contributed by atoms with Crippen molar-refractivity contribution in [1.29, 1.82) is 0 Å². The number of hydrogen-bond acceptors (Lipinski definition) is 3. The molecule has 0 radical (unpaired) electrons. The number of rotatable bonds is 3. The van der Waals surface area contributed by atoms with Crippen molar-refractivity contribution in [2.24, 2.45) is 5.92 Å². The van der Waals surface area contributed by atoms with Crippen molar-refractivity contribution in [3.05, 3.63) is 29.3 Å². The molecule has 0 unspecified atom stereocenters. The SMILES string of the molecule is CC(=O)N1CCC(C(=O)NCc2ccc3c(c2)CC(=O)N3)CC1. The van der Waals surface area contributed by atoms with E-state index in [-0.39, 0.29) is 23.6 Å². The van der Waals surface area contributed by atoms with E-state index in [4.69, 9.17) is 0 Å². The highest BCUT2D eigenvalue weighted by molar-refractivity contribution is 5.99. The Labute approximate surface area is 135 Å². The van der Waals surface area contributed by atoms with Crippen molar-refractivity contribution in [3.8, 4) is 0 Å². The number of benzene rings is 1. The van der Waals surface area contributed by atoms with Gasteiger partial charge in [-0.1, -0.05) is 12.1 Å². The van der Waals surface area contributed by atoms with Crippen LogP contribution in [-0.2, 0) is 27.3 Å². The highest BCUT2D eigenvalue weighted by atomic mass is 16.2. The molecule has 0 atom stereocenters. The number of hydrogen-bond donors (Lipinski definition) is 2. The summed E-state index contributed by atoms with van der Waals surface area (Å²) in [7, 11) is 0. The summed E-state index contributed by atoms with van der Waals surface area (Å²) in [6, 6.07) is 5.77. The maximum atomic E-state index is 12.3. The summed E-state index contributed by atoms with van der Waals surface area (Å²) in [5, 5.41) is 5.76. The van der Waals surface area contributed by atoms with Crippen LogP contribution in [-0.4, -0.2) is 35.7 Å². The third-order valence-electron chi connectivity index (χ3n) is 4.57. The molecular formula is C17H21N3O3. The van der Waals surface area contributed by atoms with Crippen molar-refractivity contribution in [2.45, 2.75) is 32.7 Å². The number of piperidine rings is 1. The third-order valence-corrected chi connectivity index (χ3v) is 4.57. The Hall–Kier alpha value is -2.37. The van der Waals surface area contributed by atoms with Gasteiger partial charge in [-0.25, -0.2) is 0 Å². The van der Waals surface area contributed by atoms with Crippen LogP contribution in [0.2, 0.25) is 0 Å². The average molecular weight is 315 g/mol. The van der Waals surface area contributed by atoms with Crippen LogP contribution in [0.25, 0.3) is 0 Å². The molecule has 1 aromatic carbocycles. The lowest BCUT2D eigenvalue weighted by Crippen LogP contribution is -2.42. The number of likely N-dealkylation sites (tertiary alicyclic amines) is 1. The molecule has 3 amide bonds. The first-order chi connectivity index (χ1) is 11.0. The lowest BCUT2D eigenvalue weighted by molar-refractivity contribution is -0.134. The lowest BCUT2D eigenvalue weighted by Gasteiger charge is -2.30. The average Bonchev–Trinajstić information content (AvgIpc) is 2.92. The van der Waals surface area contributed by atoms with Gasteiger partial charge in [-0.2, -0.15) is 0 Å². The van der Waals surface area contributed by atoms with Crippen LogP contribution in [0.1, 0.15) is 30.9 Å². The van der Waals surface area contributed by atoms with E-state index in [0.29, 0.717) is 38.9 Å². The molecule has 2 aliphatic rings. The Morgan fingerprint density at radius 3 is 2.74 bits per heavy atom. The summed E-state index contributed by atoms with van der Waals surface area (Å²) in [6.07, 6.45) is 1.84. The number of nitrogens with one attached hydrogen (secondary N) is 2. The maximum Gasteiger partial charge on any atom is 0.228 e.